The number of halogens is 3. The van der Waals surface area contributed by atoms with Gasteiger partial charge in [0, 0.05) is 24.2 Å². The fraction of sp³-hybridized carbons (Fsp3) is 0.474. The van der Waals surface area contributed by atoms with Crippen LogP contribution in [0, 0.1) is 11.3 Å². The van der Waals surface area contributed by atoms with E-state index in [0.717, 1.165) is 18.9 Å². The minimum Gasteiger partial charge on any atom is -0.390 e. The summed E-state index contributed by atoms with van der Waals surface area (Å²) in [4.78, 5) is 10.9. The summed E-state index contributed by atoms with van der Waals surface area (Å²) in [7, 11) is 0. The van der Waals surface area contributed by atoms with Gasteiger partial charge in [-0.15, -0.1) is 0 Å². The number of aromatic amines is 1. The molecule has 1 aliphatic rings. The van der Waals surface area contributed by atoms with Gasteiger partial charge in [0.05, 0.1) is 17.4 Å². The lowest BCUT2D eigenvalue weighted by molar-refractivity contribution is -0.379. The highest BCUT2D eigenvalue weighted by atomic mass is 19.4. The Kier molecular flexibility index (Phi) is 5.88. The molecular formula is C19H22F3N6O+. The highest BCUT2D eigenvalue weighted by molar-refractivity contribution is 5.54. The molecule has 1 aliphatic carbocycles. The van der Waals surface area contributed by atoms with Gasteiger partial charge in [-0.05, 0) is 32.6 Å². The number of nitriles is 1. The van der Waals surface area contributed by atoms with E-state index >= 15 is 0 Å². The van der Waals surface area contributed by atoms with Crippen molar-refractivity contribution in [2.45, 2.75) is 57.0 Å². The third-order valence-electron chi connectivity index (χ3n) is 5.00. The van der Waals surface area contributed by atoms with E-state index in [4.69, 9.17) is 0 Å². The molecule has 0 radical (unpaired) electrons. The Bertz CT molecular complexity index is 900. The van der Waals surface area contributed by atoms with E-state index < -0.39 is 17.3 Å². The maximum absolute atomic E-state index is 13.1. The zero-order chi connectivity index (χ0) is 21.1. The first kappa shape index (κ1) is 20.8. The van der Waals surface area contributed by atoms with E-state index in [2.05, 4.69) is 25.6 Å². The molecule has 1 saturated carbocycles. The number of hydrogen-bond donors (Lipinski definition) is 3. The monoisotopic (exact) mass is 407 g/mol. The van der Waals surface area contributed by atoms with Crippen molar-refractivity contribution >= 4 is 11.8 Å². The molecule has 2 aromatic heterocycles. The smallest absolute Gasteiger partial charge is 0.390 e. The standard InChI is InChI=1S/C19H21F3N6O/c1-18(29)5-2-14(3-6-18)27-16-12(8-23)10-25-17(28-16)26-11-13-9-24-7-4-15(13)19(20,21)22/h4,7,9-10,14,29H,2-3,5-6,11H2,1H3,(H2,25,26,27,28)/p+1. The minimum atomic E-state index is -4.47. The van der Waals surface area contributed by atoms with Gasteiger partial charge in [-0.2, -0.15) is 23.4 Å². The molecule has 7 nitrogen and oxygen atoms in total. The zero-order valence-corrected chi connectivity index (χ0v) is 15.8. The van der Waals surface area contributed by atoms with Crippen LogP contribution >= 0.6 is 0 Å². The average Bonchev–Trinajstić information content (AvgIpc) is 2.68. The molecule has 2 aromatic rings. The Morgan fingerprint density at radius 3 is 2.76 bits per heavy atom. The van der Waals surface area contributed by atoms with Crippen molar-refractivity contribution in [3.63, 3.8) is 0 Å². The van der Waals surface area contributed by atoms with Gasteiger partial charge in [-0.25, -0.2) is 9.97 Å². The molecule has 0 aliphatic heterocycles. The van der Waals surface area contributed by atoms with Crippen molar-refractivity contribution in [2.24, 2.45) is 0 Å². The maximum Gasteiger partial charge on any atom is 0.417 e. The van der Waals surface area contributed by atoms with Gasteiger partial charge >= 0.3 is 6.18 Å². The van der Waals surface area contributed by atoms with Crippen LogP contribution in [0.5, 0.6) is 0 Å². The molecule has 10 heteroatoms. The highest BCUT2D eigenvalue weighted by Crippen LogP contribution is 2.32. The Balaban J connectivity index is 1.72. The number of nitrogens with zero attached hydrogens (tertiary/aromatic N) is 3. The largest absolute Gasteiger partial charge is 0.417 e. The lowest BCUT2D eigenvalue weighted by Crippen LogP contribution is -2.36. The number of H-pyrrole nitrogens is 1. The summed E-state index contributed by atoms with van der Waals surface area (Å²) in [6.07, 6.45) is 2.06. The second kappa shape index (κ2) is 8.21. The van der Waals surface area contributed by atoms with E-state index in [1.54, 1.807) is 6.92 Å². The van der Waals surface area contributed by atoms with E-state index in [9.17, 15) is 23.5 Å². The van der Waals surface area contributed by atoms with Crippen LogP contribution in [0.15, 0.2) is 24.7 Å². The number of aromatic nitrogens is 3. The van der Waals surface area contributed by atoms with Crippen LogP contribution in [0.3, 0.4) is 0 Å². The number of anilines is 2. The van der Waals surface area contributed by atoms with Crippen LogP contribution in [-0.2, 0) is 12.7 Å². The van der Waals surface area contributed by atoms with Gasteiger partial charge in [0.25, 0.3) is 0 Å². The Morgan fingerprint density at radius 1 is 1.38 bits per heavy atom. The molecule has 0 unspecified atom stereocenters. The van der Waals surface area contributed by atoms with E-state index in [1.165, 1.54) is 18.6 Å². The number of rotatable bonds is 5. The van der Waals surface area contributed by atoms with E-state index in [-0.39, 0.29) is 29.7 Å². The van der Waals surface area contributed by atoms with Crippen molar-refractivity contribution in [1.29, 1.82) is 5.26 Å². The summed E-state index contributed by atoms with van der Waals surface area (Å²) in [6, 6.07) is 3.03. The van der Waals surface area contributed by atoms with Crippen molar-refractivity contribution in [3.8, 4) is 6.07 Å². The molecule has 0 saturated heterocycles. The predicted octanol–water partition coefficient (Wildman–Crippen LogP) is 2.90. The van der Waals surface area contributed by atoms with Crippen molar-refractivity contribution in [2.75, 3.05) is 10.6 Å². The SMILES string of the molecule is CC1(O)CCC(Nc2nc(NCc3c[nH+]ccc3C(F)(F)F)ncc2C#N)CC1. The van der Waals surface area contributed by atoms with Crippen LogP contribution in [0.4, 0.5) is 24.9 Å². The normalized spacial score (nSPS) is 22.0. The predicted molar refractivity (Wildman–Crippen MR) is 98.6 cm³/mol. The van der Waals surface area contributed by atoms with Gasteiger partial charge in [-0.1, -0.05) is 0 Å². The van der Waals surface area contributed by atoms with Gasteiger partial charge in [0.15, 0.2) is 12.4 Å². The molecule has 0 bridgehead atoms. The number of pyridine rings is 1. The average molecular weight is 407 g/mol. The number of nitrogens with one attached hydrogen (secondary N) is 3. The highest BCUT2D eigenvalue weighted by Gasteiger charge is 2.34. The zero-order valence-electron chi connectivity index (χ0n) is 15.8. The van der Waals surface area contributed by atoms with E-state index in [1.807, 2.05) is 6.07 Å². The second-order valence-electron chi connectivity index (χ2n) is 7.42. The van der Waals surface area contributed by atoms with Crippen molar-refractivity contribution < 1.29 is 23.3 Å². The molecule has 2 heterocycles. The number of aliphatic hydroxyl groups is 1. The Hall–Kier alpha value is -2.93. The third kappa shape index (κ3) is 5.32. The van der Waals surface area contributed by atoms with Crippen LogP contribution in [-0.4, -0.2) is 26.7 Å². The summed E-state index contributed by atoms with van der Waals surface area (Å²) < 4.78 is 39.3. The Morgan fingerprint density at radius 2 is 2.10 bits per heavy atom. The number of alkyl halides is 3. The lowest BCUT2D eigenvalue weighted by atomic mass is 9.83. The second-order valence-corrected chi connectivity index (χ2v) is 7.42. The van der Waals surface area contributed by atoms with Gasteiger partial charge in [-0.3, -0.25) is 0 Å². The molecule has 0 amide bonds. The molecule has 154 valence electrons. The molecule has 0 atom stereocenters. The van der Waals surface area contributed by atoms with Gasteiger partial charge in [0.1, 0.15) is 17.5 Å². The molecule has 0 spiro atoms. The first-order chi connectivity index (χ1) is 13.7. The quantitative estimate of drug-likeness (QED) is 0.703. The summed E-state index contributed by atoms with van der Waals surface area (Å²) >= 11 is 0. The van der Waals surface area contributed by atoms with E-state index in [0.29, 0.717) is 18.7 Å². The molecular weight excluding hydrogens is 385 g/mol. The molecule has 4 N–H and O–H groups in total. The van der Waals surface area contributed by atoms with Gasteiger partial charge < -0.3 is 15.7 Å². The van der Waals surface area contributed by atoms with Crippen molar-refractivity contribution in [3.05, 3.63) is 41.3 Å². The van der Waals surface area contributed by atoms with Crippen LogP contribution in [0.1, 0.15) is 49.3 Å². The lowest BCUT2D eigenvalue weighted by Gasteiger charge is -2.33. The number of hydrogen-bond acceptors (Lipinski definition) is 6. The molecule has 29 heavy (non-hydrogen) atoms. The molecule has 1 fully saturated rings. The molecule has 0 aromatic carbocycles. The fourth-order valence-electron chi connectivity index (χ4n) is 3.30. The summed E-state index contributed by atoms with van der Waals surface area (Å²) in [5.74, 6) is 0.443. The van der Waals surface area contributed by atoms with Gasteiger partial charge in [0.2, 0.25) is 5.95 Å². The minimum absolute atomic E-state index is 0.0250. The third-order valence-corrected chi connectivity index (χ3v) is 5.00. The first-order valence-corrected chi connectivity index (χ1v) is 9.24. The summed E-state index contributed by atoms with van der Waals surface area (Å²) in [5.41, 5.74) is -1.16. The summed E-state index contributed by atoms with van der Waals surface area (Å²) in [5, 5.41) is 25.3. The topological polar surface area (TPSA) is 108 Å². The fourth-order valence-corrected chi connectivity index (χ4v) is 3.30. The molecule has 3 rings (SSSR count). The maximum atomic E-state index is 13.1. The van der Waals surface area contributed by atoms with Crippen LogP contribution in [0.25, 0.3) is 0 Å². The van der Waals surface area contributed by atoms with Crippen molar-refractivity contribution in [1.82, 2.24) is 9.97 Å². The van der Waals surface area contributed by atoms with Crippen LogP contribution < -0.4 is 15.6 Å². The summed E-state index contributed by atoms with van der Waals surface area (Å²) in [6.45, 7) is 1.66. The first-order valence-electron chi connectivity index (χ1n) is 9.24. The van der Waals surface area contributed by atoms with Crippen LogP contribution in [0.2, 0.25) is 0 Å². The Labute approximate surface area is 166 Å².